The van der Waals surface area contributed by atoms with Crippen molar-refractivity contribution in [3.8, 4) is 16.9 Å². The number of aromatic nitrogens is 1. The Morgan fingerprint density at radius 1 is 1.14 bits per heavy atom. The SMILES string of the molecule is C=C(O)c1ccc(-c2cnc(C)c(OC(C)c3c(Cl)ccc(F)c3Cl)c2)cc1. The van der Waals surface area contributed by atoms with Crippen LogP contribution >= 0.6 is 23.2 Å². The Morgan fingerprint density at radius 3 is 2.46 bits per heavy atom. The fourth-order valence-corrected chi connectivity index (χ4v) is 3.49. The second kappa shape index (κ2) is 8.21. The molecule has 0 bridgehead atoms. The highest BCUT2D eigenvalue weighted by Gasteiger charge is 2.19. The number of aliphatic hydroxyl groups excluding tert-OH is 1. The van der Waals surface area contributed by atoms with E-state index in [0.717, 1.165) is 11.1 Å². The molecule has 1 unspecified atom stereocenters. The smallest absolute Gasteiger partial charge is 0.142 e. The number of aryl methyl sites for hydroxylation is 1. The van der Waals surface area contributed by atoms with Crippen LogP contribution in [0.4, 0.5) is 4.39 Å². The van der Waals surface area contributed by atoms with Crippen molar-refractivity contribution in [2.24, 2.45) is 0 Å². The molecule has 3 nitrogen and oxygen atoms in total. The summed E-state index contributed by atoms with van der Waals surface area (Å²) in [6.07, 6.45) is 1.16. The fraction of sp³-hybridized carbons (Fsp3) is 0.136. The lowest BCUT2D eigenvalue weighted by Gasteiger charge is -2.19. The van der Waals surface area contributed by atoms with Crippen LogP contribution in [0.25, 0.3) is 16.9 Å². The van der Waals surface area contributed by atoms with E-state index in [0.29, 0.717) is 27.6 Å². The second-order valence-corrected chi connectivity index (χ2v) is 7.13. The summed E-state index contributed by atoms with van der Waals surface area (Å²) >= 11 is 12.3. The van der Waals surface area contributed by atoms with Crippen LogP contribution in [0.1, 0.15) is 29.8 Å². The molecule has 0 aliphatic rings. The maximum atomic E-state index is 13.8. The molecule has 0 spiro atoms. The van der Waals surface area contributed by atoms with Crippen molar-refractivity contribution in [2.75, 3.05) is 0 Å². The van der Waals surface area contributed by atoms with E-state index in [9.17, 15) is 9.50 Å². The lowest BCUT2D eigenvalue weighted by Crippen LogP contribution is -2.07. The van der Waals surface area contributed by atoms with Crippen LogP contribution < -0.4 is 4.74 Å². The normalized spacial score (nSPS) is 11.9. The minimum Gasteiger partial charge on any atom is -0.508 e. The third-order valence-electron chi connectivity index (χ3n) is 4.38. The minimum atomic E-state index is -0.577. The maximum Gasteiger partial charge on any atom is 0.142 e. The van der Waals surface area contributed by atoms with Gasteiger partial charge in [0.25, 0.3) is 0 Å². The van der Waals surface area contributed by atoms with Gasteiger partial charge in [-0.2, -0.15) is 0 Å². The summed E-state index contributed by atoms with van der Waals surface area (Å²) in [5.74, 6) is -0.00186. The van der Waals surface area contributed by atoms with E-state index in [2.05, 4.69) is 11.6 Å². The highest BCUT2D eigenvalue weighted by Crippen LogP contribution is 2.36. The highest BCUT2D eigenvalue weighted by atomic mass is 35.5. The molecular formula is C22H18Cl2FNO2. The summed E-state index contributed by atoms with van der Waals surface area (Å²) in [4.78, 5) is 4.39. The van der Waals surface area contributed by atoms with Crippen LogP contribution in [0.15, 0.2) is 55.2 Å². The number of halogens is 3. The summed E-state index contributed by atoms with van der Waals surface area (Å²) in [7, 11) is 0. The molecule has 3 rings (SSSR count). The van der Waals surface area contributed by atoms with Gasteiger partial charge >= 0.3 is 0 Å². The average Bonchev–Trinajstić information content (AvgIpc) is 2.67. The number of aliphatic hydroxyl groups is 1. The van der Waals surface area contributed by atoms with Gasteiger partial charge in [-0.1, -0.05) is 54.0 Å². The van der Waals surface area contributed by atoms with Crippen molar-refractivity contribution in [2.45, 2.75) is 20.0 Å². The Bertz CT molecular complexity index is 1040. The third-order valence-corrected chi connectivity index (χ3v) is 5.10. The predicted molar refractivity (Wildman–Crippen MR) is 112 cm³/mol. The summed E-state index contributed by atoms with van der Waals surface area (Å²) in [5.41, 5.74) is 3.44. The summed E-state index contributed by atoms with van der Waals surface area (Å²) in [6.45, 7) is 7.08. The molecule has 0 aliphatic heterocycles. The van der Waals surface area contributed by atoms with Crippen LogP contribution in [0.3, 0.4) is 0 Å². The Balaban J connectivity index is 1.92. The zero-order valence-corrected chi connectivity index (χ0v) is 16.9. The molecule has 0 radical (unpaired) electrons. The van der Waals surface area contributed by atoms with Crippen molar-refractivity contribution >= 4 is 29.0 Å². The molecule has 1 aromatic heterocycles. The van der Waals surface area contributed by atoms with Crippen molar-refractivity contribution in [1.82, 2.24) is 4.98 Å². The first-order chi connectivity index (χ1) is 13.3. The van der Waals surface area contributed by atoms with Gasteiger partial charge in [0.05, 0.1) is 10.7 Å². The van der Waals surface area contributed by atoms with Gasteiger partial charge in [-0.15, -0.1) is 0 Å². The fourth-order valence-electron chi connectivity index (χ4n) is 2.81. The first-order valence-corrected chi connectivity index (χ1v) is 9.29. The lowest BCUT2D eigenvalue weighted by molar-refractivity contribution is 0.224. The molecule has 144 valence electrons. The molecule has 0 fully saturated rings. The number of benzene rings is 2. The number of nitrogens with zero attached hydrogens (tertiary/aromatic N) is 1. The van der Waals surface area contributed by atoms with E-state index in [1.165, 1.54) is 12.1 Å². The van der Waals surface area contributed by atoms with Gasteiger partial charge in [0.15, 0.2) is 0 Å². The van der Waals surface area contributed by atoms with Gasteiger partial charge in [-0.05, 0) is 37.6 Å². The van der Waals surface area contributed by atoms with Gasteiger partial charge in [-0.3, -0.25) is 4.98 Å². The molecule has 3 aromatic rings. The van der Waals surface area contributed by atoms with Crippen LogP contribution in [-0.2, 0) is 0 Å². The molecule has 2 aromatic carbocycles. The quantitative estimate of drug-likeness (QED) is 0.353. The average molecular weight is 418 g/mol. The first-order valence-electron chi connectivity index (χ1n) is 8.53. The molecular weight excluding hydrogens is 400 g/mol. The number of pyridine rings is 1. The van der Waals surface area contributed by atoms with Gasteiger partial charge < -0.3 is 9.84 Å². The van der Waals surface area contributed by atoms with E-state index in [4.69, 9.17) is 27.9 Å². The van der Waals surface area contributed by atoms with E-state index >= 15 is 0 Å². The number of rotatable bonds is 5. The molecule has 0 saturated heterocycles. The molecule has 1 heterocycles. The van der Waals surface area contributed by atoms with Gasteiger partial charge in [0.2, 0.25) is 0 Å². The molecule has 0 aliphatic carbocycles. The summed E-state index contributed by atoms with van der Waals surface area (Å²) in [6, 6.07) is 11.8. The van der Waals surface area contributed by atoms with Crippen molar-refractivity contribution in [3.05, 3.63) is 87.9 Å². The molecule has 6 heteroatoms. The Morgan fingerprint density at radius 2 is 1.82 bits per heavy atom. The van der Waals surface area contributed by atoms with E-state index in [1.54, 1.807) is 25.3 Å². The van der Waals surface area contributed by atoms with Crippen LogP contribution in [0, 0.1) is 12.7 Å². The first kappa shape index (κ1) is 20.2. The third kappa shape index (κ3) is 4.13. The number of hydrogen-bond donors (Lipinski definition) is 1. The molecule has 1 N–H and O–H groups in total. The molecule has 0 amide bonds. The van der Waals surface area contributed by atoms with E-state index in [1.807, 2.05) is 25.1 Å². The largest absolute Gasteiger partial charge is 0.508 e. The van der Waals surface area contributed by atoms with E-state index < -0.39 is 11.9 Å². The number of ether oxygens (including phenoxy) is 1. The highest BCUT2D eigenvalue weighted by molar-refractivity contribution is 6.36. The molecule has 1 atom stereocenters. The minimum absolute atomic E-state index is 0.00952. The van der Waals surface area contributed by atoms with E-state index in [-0.39, 0.29) is 10.8 Å². The lowest BCUT2D eigenvalue weighted by atomic mass is 10.0. The Labute approximate surface area is 173 Å². The van der Waals surface area contributed by atoms with Crippen LogP contribution in [0.2, 0.25) is 10.0 Å². The zero-order valence-electron chi connectivity index (χ0n) is 15.3. The maximum absolute atomic E-state index is 13.8. The van der Waals surface area contributed by atoms with Gasteiger partial charge in [0, 0.05) is 27.9 Å². The second-order valence-electron chi connectivity index (χ2n) is 6.35. The predicted octanol–water partition coefficient (Wildman–Crippen LogP) is 7.17. The topological polar surface area (TPSA) is 42.4 Å². The Kier molecular flexibility index (Phi) is 5.92. The number of hydrogen-bond acceptors (Lipinski definition) is 3. The van der Waals surface area contributed by atoms with Crippen molar-refractivity contribution in [3.63, 3.8) is 0 Å². The molecule has 0 saturated carbocycles. The van der Waals surface area contributed by atoms with Crippen molar-refractivity contribution < 1.29 is 14.2 Å². The van der Waals surface area contributed by atoms with Crippen LogP contribution in [0.5, 0.6) is 5.75 Å². The summed E-state index contributed by atoms with van der Waals surface area (Å²) < 4.78 is 19.8. The standard InChI is InChI=1S/C22H18Cl2FNO2/c1-12-20(28-14(3)21-18(23)8-9-19(25)22(21)24)10-17(11-26-12)16-6-4-15(5-7-16)13(2)27/h4-11,14,27H,2H2,1,3H3. The van der Waals surface area contributed by atoms with Gasteiger partial charge in [-0.25, -0.2) is 4.39 Å². The molecule has 28 heavy (non-hydrogen) atoms. The summed E-state index contributed by atoms with van der Waals surface area (Å²) in [5, 5.41) is 9.74. The van der Waals surface area contributed by atoms with Gasteiger partial charge in [0.1, 0.15) is 23.4 Å². The Hall–Kier alpha value is -2.56. The monoisotopic (exact) mass is 417 g/mol. The van der Waals surface area contributed by atoms with Crippen molar-refractivity contribution in [1.29, 1.82) is 0 Å². The van der Waals surface area contributed by atoms with Crippen LogP contribution in [-0.4, -0.2) is 10.1 Å². The zero-order chi connectivity index (χ0) is 20.4.